The van der Waals surface area contributed by atoms with E-state index in [0.29, 0.717) is 28.2 Å². The Balaban J connectivity index is 1.30. The van der Waals surface area contributed by atoms with Gasteiger partial charge < -0.3 is 16.0 Å². The largest absolute Gasteiger partial charge is 0.321 e. The van der Waals surface area contributed by atoms with E-state index >= 15 is 0 Å². The highest BCUT2D eigenvalue weighted by Crippen LogP contribution is 2.36. The molecule has 1 aromatic heterocycles. The fraction of sp³-hybridized carbons (Fsp3) is 0.128. The molecule has 7 nitrogen and oxygen atoms in total. The van der Waals surface area contributed by atoms with Crippen LogP contribution in [0.25, 0.3) is 17.2 Å². The molecule has 3 N–H and O–H groups in total. The van der Waals surface area contributed by atoms with Crippen LogP contribution in [-0.4, -0.2) is 23.0 Å². The number of nitrogens with zero attached hydrogens (tertiary/aromatic N) is 1. The summed E-state index contributed by atoms with van der Waals surface area (Å²) in [6.07, 6.45) is 2.18. The van der Waals surface area contributed by atoms with E-state index in [-0.39, 0.29) is 11.6 Å². The molecule has 0 aliphatic rings. The van der Waals surface area contributed by atoms with E-state index in [0.717, 1.165) is 32.7 Å². The van der Waals surface area contributed by atoms with Gasteiger partial charge in [-0.2, -0.15) is 5.26 Å². The first-order valence-electron chi connectivity index (χ1n) is 15.4. The van der Waals surface area contributed by atoms with E-state index < -0.39 is 17.1 Å². The molecule has 0 spiro atoms. The highest BCUT2D eigenvalue weighted by atomic mass is 32.2. The molecule has 5 aromatic rings. The van der Waals surface area contributed by atoms with Crippen molar-refractivity contribution in [1.82, 2.24) is 5.32 Å². The lowest BCUT2D eigenvalue weighted by atomic mass is 10.0. The number of carbonyl (C=O) groups excluding carboxylic acids is 3. The van der Waals surface area contributed by atoms with Crippen LogP contribution in [0.2, 0.25) is 0 Å². The molecule has 3 amide bonds. The van der Waals surface area contributed by atoms with Gasteiger partial charge in [0.25, 0.3) is 11.8 Å². The van der Waals surface area contributed by atoms with Crippen molar-refractivity contribution in [2.45, 2.75) is 37.3 Å². The highest BCUT2D eigenvalue weighted by Gasteiger charge is 2.22. The van der Waals surface area contributed by atoms with Crippen LogP contribution in [0.1, 0.15) is 46.0 Å². The molecule has 48 heavy (non-hydrogen) atoms. The van der Waals surface area contributed by atoms with E-state index in [4.69, 9.17) is 0 Å². The van der Waals surface area contributed by atoms with Crippen molar-refractivity contribution in [3.05, 3.63) is 142 Å². The topological polar surface area (TPSA) is 111 Å². The number of rotatable bonds is 11. The quantitative estimate of drug-likeness (QED) is 0.0961. The van der Waals surface area contributed by atoms with Gasteiger partial charge in [0, 0.05) is 27.1 Å². The molecule has 1 heterocycles. The lowest BCUT2D eigenvalue weighted by molar-refractivity contribution is -0.116. The zero-order chi connectivity index (χ0) is 34.0. The molecule has 1 unspecified atom stereocenters. The van der Waals surface area contributed by atoms with Crippen LogP contribution in [0.4, 0.5) is 10.7 Å². The summed E-state index contributed by atoms with van der Waals surface area (Å²) in [6, 6.07) is 33.8. The van der Waals surface area contributed by atoms with Gasteiger partial charge in [0.05, 0.1) is 10.8 Å². The molecule has 5 rings (SSSR count). The summed E-state index contributed by atoms with van der Waals surface area (Å²) in [7, 11) is 0. The zero-order valence-corrected chi connectivity index (χ0v) is 28.4. The average Bonchev–Trinajstić information content (AvgIpc) is 3.49. The number of carbonyl (C=O) groups is 3. The van der Waals surface area contributed by atoms with Crippen LogP contribution >= 0.6 is 23.1 Å². The molecule has 240 valence electrons. The minimum Gasteiger partial charge on any atom is -0.321 e. The molecule has 9 heteroatoms. The van der Waals surface area contributed by atoms with E-state index in [1.165, 1.54) is 23.1 Å². The molecule has 0 saturated heterocycles. The molecule has 0 bridgehead atoms. The summed E-state index contributed by atoms with van der Waals surface area (Å²) < 4.78 is 0. The first-order chi connectivity index (χ1) is 23.2. The number of thiophene rings is 1. The second kappa shape index (κ2) is 15.9. The minimum absolute atomic E-state index is 0.0903. The van der Waals surface area contributed by atoms with Crippen LogP contribution in [0.15, 0.2) is 119 Å². The van der Waals surface area contributed by atoms with Crippen molar-refractivity contribution in [1.29, 1.82) is 5.26 Å². The van der Waals surface area contributed by atoms with Crippen molar-refractivity contribution in [3.63, 3.8) is 0 Å². The number of anilines is 2. The third-order valence-corrected chi connectivity index (χ3v) is 9.67. The smallest absolute Gasteiger partial charge is 0.272 e. The van der Waals surface area contributed by atoms with E-state index in [1.54, 1.807) is 48.5 Å². The van der Waals surface area contributed by atoms with Crippen LogP contribution in [0.3, 0.4) is 0 Å². The van der Waals surface area contributed by atoms with Crippen molar-refractivity contribution in [2.75, 3.05) is 10.6 Å². The molecule has 0 aliphatic heterocycles. The third kappa shape index (κ3) is 8.68. The van der Waals surface area contributed by atoms with Gasteiger partial charge in [0.2, 0.25) is 5.91 Å². The SMILES string of the molecule is CCC(Sc1cccc(NC(=O)/C(=C\c2cccc(C)c2)NC(=O)c2ccccc2)c1)C(=O)Nc1scc(-c2ccc(C)cc2)c1C#N. The third-order valence-electron chi connectivity index (χ3n) is 7.42. The Hall–Kier alpha value is -5.43. The first kappa shape index (κ1) is 33.9. The average molecular weight is 671 g/mol. The Morgan fingerprint density at radius 3 is 2.33 bits per heavy atom. The summed E-state index contributed by atoms with van der Waals surface area (Å²) in [4.78, 5) is 40.8. The normalized spacial score (nSPS) is 11.7. The molecular weight excluding hydrogens is 637 g/mol. The van der Waals surface area contributed by atoms with Gasteiger partial charge in [-0.3, -0.25) is 14.4 Å². The van der Waals surface area contributed by atoms with Gasteiger partial charge >= 0.3 is 0 Å². The Morgan fingerprint density at radius 2 is 1.62 bits per heavy atom. The standard InChI is InChI=1S/C39H34N4O3S2/c1-4-35(38(46)43-39-32(23-40)33(24-47-39)28-18-16-25(2)17-19-28)48-31-15-9-14-30(22-31)41-37(45)34(21-27-11-8-10-26(3)20-27)42-36(44)29-12-6-5-7-13-29/h5-22,24,35H,4H2,1-3H3,(H,41,45)(H,42,44)(H,43,46)/b34-21+. The number of aryl methyl sites for hydroxylation is 2. The summed E-state index contributed by atoms with van der Waals surface area (Å²) in [6.45, 7) is 5.89. The van der Waals surface area contributed by atoms with Gasteiger partial charge in [-0.1, -0.05) is 90.8 Å². The fourth-order valence-electron chi connectivity index (χ4n) is 4.90. The van der Waals surface area contributed by atoms with Crippen LogP contribution < -0.4 is 16.0 Å². The second-order valence-electron chi connectivity index (χ2n) is 11.1. The van der Waals surface area contributed by atoms with E-state index in [1.807, 2.05) is 86.8 Å². The van der Waals surface area contributed by atoms with Gasteiger partial charge in [0.15, 0.2) is 0 Å². The van der Waals surface area contributed by atoms with Crippen molar-refractivity contribution in [2.24, 2.45) is 0 Å². The number of hydrogen-bond acceptors (Lipinski definition) is 6. The Labute approximate surface area is 288 Å². The van der Waals surface area contributed by atoms with Crippen molar-refractivity contribution < 1.29 is 14.4 Å². The first-order valence-corrected chi connectivity index (χ1v) is 17.1. The maximum absolute atomic E-state index is 13.6. The summed E-state index contributed by atoms with van der Waals surface area (Å²) in [5.74, 6) is -1.10. The lowest BCUT2D eigenvalue weighted by Gasteiger charge is -2.16. The molecule has 0 radical (unpaired) electrons. The van der Waals surface area contributed by atoms with Crippen molar-refractivity contribution >= 4 is 57.6 Å². The maximum Gasteiger partial charge on any atom is 0.272 e. The monoisotopic (exact) mass is 670 g/mol. The number of amides is 3. The van der Waals surface area contributed by atoms with Gasteiger partial charge in [-0.05, 0) is 67.8 Å². The number of nitrogens with one attached hydrogen (secondary N) is 3. The molecule has 4 aromatic carbocycles. The second-order valence-corrected chi connectivity index (χ2v) is 13.3. The number of thioether (sulfide) groups is 1. The predicted molar refractivity (Wildman–Crippen MR) is 196 cm³/mol. The molecular formula is C39H34N4O3S2. The summed E-state index contributed by atoms with van der Waals surface area (Å²) >= 11 is 2.70. The molecule has 0 saturated carbocycles. The molecule has 1 atom stereocenters. The highest BCUT2D eigenvalue weighted by molar-refractivity contribution is 8.00. The number of hydrogen-bond donors (Lipinski definition) is 3. The van der Waals surface area contributed by atoms with Crippen LogP contribution in [-0.2, 0) is 9.59 Å². The van der Waals surface area contributed by atoms with Gasteiger partial charge in [-0.25, -0.2) is 0 Å². The summed E-state index contributed by atoms with van der Waals surface area (Å²) in [5.41, 5.74) is 6.10. The van der Waals surface area contributed by atoms with Crippen LogP contribution in [0, 0.1) is 25.2 Å². The maximum atomic E-state index is 13.6. The van der Waals surface area contributed by atoms with E-state index in [9.17, 15) is 19.6 Å². The number of benzene rings is 4. The Morgan fingerprint density at radius 1 is 0.875 bits per heavy atom. The molecule has 0 aliphatic carbocycles. The predicted octanol–water partition coefficient (Wildman–Crippen LogP) is 8.82. The van der Waals surface area contributed by atoms with Crippen LogP contribution in [0.5, 0.6) is 0 Å². The minimum atomic E-state index is -0.487. The summed E-state index contributed by atoms with van der Waals surface area (Å²) in [5, 5.41) is 20.5. The van der Waals surface area contributed by atoms with Crippen molar-refractivity contribution in [3.8, 4) is 17.2 Å². The number of nitriles is 1. The Kier molecular flexibility index (Phi) is 11.2. The Bertz CT molecular complexity index is 2010. The van der Waals surface area contributed by atoms with Gasteiger partial charge in [-0.15, -0.1) is 23.1 Å². The van der Waals surface area contributed by atoms with Gasteiger partial charge in [0.1, 0.15) is 16.8 Å². The fourth-order valence-corrected chi connectivity index (χ4v) is 6.84. The molecule has 0 fully saturated rings. The zero-order valence-electron chi connectivity index (χ0n) is 26.7. The van der Waals surface area contributed by atoms with E-state index in [2.05, 4.69) is 22.0 Å². The lowest BCUT2D eigenvalue weighted by Crippen LogP contribution is -2.30.